The summed E-state index contributed by atoms with van der Waals surface area (Å²) >= 11 is 0. The average molecular weight is 327 g/mol. The topological polar surface area (TPSA) is 74.2 Å². The number of rotatable bonds is 5. The van der Waals surface area contributed by atoms with Crippen molar-refractivity contribution in [3.8, 4) is 0 Å². The smallest absolute Gasteiger partial charge is 0.224 e. The number of pyridine rings is 1. The van der Waals surface area contributed by atoms with Gasteiger partial charge in [0.15, 0.2) is 0 Å². The van der Waals surface area contributed by atoms with Crippen molar-refractivity contribution in [2.45, 2.75) is 39.2 Å². The molecule has 5 heteroatoms. The van der Waals surface area contributed by atoms with Crippen molar-refractivity contribution >= 4 is 22.5 Å². The van der Waals surface area contributed by atoms with Crippen LogP contribution in [0.25, 0.3) is 10.9 Å². The molecule has 24 heavy (non-hydrogen) atoms. The number of hydrogen-bond donors (Lipinski definition) is 3. The van der Waals surface area contributed by atoms with Gasteiger partial charge >= 0.3 is 0 Å². The molecule has 3 rings (SSSR count). The normalized spacial score (nSPS) is 15.6. The second-order valence-electron chi connectivity index (χ2n) is 6.56. The van der Waals surface area contributed by atoms with E-state index in [1.54, 1.807) is 0 Å². The summed E-state index contributed by atoms with van der Waals surface area (Å²) in [5, 5.41) is 16.8. The van der Waals surface area contributed by atoms with Crippen LogP contribution in [-0.2, 0) is 11.4 Å². The highest BCUT2D eigenvalue weighted by Crippen LogP contribution is 2.26. The number of aliphatic hydroxyl groups is 1. The minimum absolute atomic E-state index is 0.0347. The van der Waals surface area contributed by atoms with Gasteiger partial charge in [-0.2, -0.15) is 0 Å². The number of hydrogen-bond acceptors (Lipinski definition) is 4. The van der Waals surface area contributed by atoms with Crippen LogP contribution in [0.3, 0.4) is 0 Å². The Kier molecular flexibility index (Phi) is 5.43. The summed E-state index contributed by atoms with van der Waals surface area (Å²) < 4.78 is 0. The number of carbonyl (C=O) groups excluding carboxylic acids is 1. The zero-order valence-electron chi connectivity index (χ0n) is 14.1. The van der Waals surface area contributed by atoms with E-state index in [0.29, 0.717) is 12.3 Å². The zero-order valence-corrected chi connectivity index (χ0v) is 14.1. The van der Waals surface area contributed by atoms with Crippen LogP contribution >= 0.6 is 0 Å². The molecule has 1 saturated heterocycles. The van der Waals surface area contributed by atoms with Crippen molar-refractivity contribution in [3.05, 3.63) is 35.5 Å². The first-order valence-corrected chi connectivity index (χ1v) is 8.68. The van der Waals surface area contributed by atoms with E-state index in [4.69, 9.17) is 0 Å². The van der Waals surface area contributed by atoms with Crippen molar-refractivity contribution in [2.24, 2.45) is 5.92 Å². The molecule has 0 aliphatic carbocycles. The zero-order chi connectivity index (χ0) is 16.9. The van der Waals surface area contributed by atoms with Gasteiger partial charge in [0.1, 0.15) is 0 Å². The summed E-state index contributed by atoms with van der Waals surface area (Å²) in [6, 6.07) is 7.57. The molecule has 1 aliphatic heterocycles. The molecule has 1 aliphatic rings. The van der Waals surface area contributed by atoms with Crippen LogP contribution in [0.2, 0.25) is 0 Å². The predicted molar refractivity (Wildman–Crippen MR) is 95.9 cm³/mol. The van der Waals surface area contributed by atoms with E-state index in [1.165, 1.54) is 0 Å². The van der Waals surface area contributed by atoms with Gasteiger partial charge in [-0.05, 0) is 62.9 Å². The fourth-order valence-electron chi connectivity index (χ4n) is 3.41. The summed E-state index contributed by atoms with van der Waals surface area (Å²) in [7, 11) is 0. The Hall–Kier alpha value is -1.98. The molecule has 1 amide bonds. The van der Waals surface area contributed by atoms with Gasteiger partial charge in [-0.3, -0.25) is 9.78 Å². The molecule has 1 fully saturated rings. The number of carbonyl (C=O) groups is 1. The van der Waals surface area contributed by atoms with E-state index in [-0.39, 0.29) is 12.5 Å². The van der Waals surface area contributed by atoms with Crippen LogP contribution < -0.4 is 10.6 Å². The van der Waals surface area contributed by atoms with Gasteiger partial charge in [-0.25, -0.2) is 0 Å². The molecule has 3 N–H and O–H groups in total. The van der Waals surface area contributed by atoms with Gasteiger partial charge in [0, 0.05) is 17.5 Å². The highest BCUT2D eigenvalue weighted by molar-refractivity contribution is 6.01. The third kappa shape index (κ3) is 3.91. The first-order chi connectivity index (χ1) is 11.7. The van der Waals surface area contributed by atoms with Crippen molar-refractivity contribution < 1.29 is 9.90 Å². The van der Waals surface area contributed by atoms with E-state index in [0.717, 1.165) is 60.2 Å². The number of piperidine rings is 1. The molecule has 0 saturated carbocycles. The second kappa shape index (κ2) is 7.73. The van der Waals surface area contributed by atoms with Crippen molar-refractivity contribution in [3.63, 3.8) is 0 Å². The lowest BCUT2D eigenvalue weighted by molar-refractivity contribution is -0.116. The Balaban J connectivity index is 1.72. The number of benzene rings is 1. The maximum absolute atomic E-state index is 12.3. The molecule has 128 valence electrons. The first-order valence-electron chi connectivity index (χ1n) is 8.68. The number of aryl methyl sites for hydroxylation is 1. The van der Waals surface area contributed by atoms with Gasteiger partial charge < -0.3 is 15.7 Å². The number of aromatic nitrogens is 1. The van der Waals surface area contributed by atoms with Crippen LogP contribution in [0.4, 0.5) is 5.69 Å². The summed E-state index contributed by atoms with van der Waals surface area (Å²) in [5.41, 5.74) is 3.14. The number of para-hydroxylation sites is 1. The fourth-order valence-corrected chi connectivity index (χ4v) is 3.41. The highest BCUT2D eigenvalue weighted by atomic mass is 16.3. The Morgan fingerprint density at radius 3 is 2.92 bits per heavy atom. The third-order valence-electron chi connectivity index (χ3n) is 4.74. The minimum Gasteiger partial charge on any atom is -0.392 e. The molecule has 1 aromatic heterocycles. The molecule has 2 heterocycles. The summed E-state index contributed by atoms with van der Waals surface area (Å²) in [4.78, 5) is 16.9. The second-order valence-corrected chi connectivity index (χ2v) is 6.56. The molecule has 2 aromatic rings. The van der Waals surface area contributed by atoms with Gasteiger partial charge in [-0.15, -0.1) is 0 Å². The van der Waals surface area contributed by atoms with Crippen LogP contribution in [0.1, 0.15) is 36.9 Å². The lowest BCUT2D eigenvalue weighted by atomic mass is 9.93. The average Bonchev–Trinajstić information content (AvgIpc) is 2.61. The van der Waals surface area contributed by atoms with Crippen LogP contribution in [0, 0.1) is 12.8 Å². The van der Waals surface area contributed by atoms with Crippen LogP contribution in [0.5, 0.6) is 0 Å². The minimum atomic E-state index is -0.0347. The van der Waals surface area contributed by atoms with Crippen LogP contribution in [0.15, 0.2) is 24.3 Å². The maximum Gasteiger partial charge on any atom is 0.224 e. The third-order valence-corrected chi connectivity index (χ3v) is 4.74. The molecule has 0 bridgehead atoms. The van der Waals surface area contributed by atoms with E-state index >= 15 is 0 Å². The molecule has 0 atom stereocenters. The van der Waals surface area contributed by atoms with E-state index in [9.17, 15) is 9.90 Å². The molecular weight excluding hydrogens is 302 g/mol. The van der Waals surface area contributed by atoms with Crippen LogP contribution in [-0.4, -0.2) is 29.1 Å². The molecule has 1 aromatic carbocycles. The number of nitrogens with one attached hydrogen (secondary N) is 2. The molecule has 0 unspecified atom stereocenters. The highest BCUT2D eigenvalue weighted by Gasteiger charge is 2.15. The van der Waals surface area contributed by atoms with Gasteiger partial charge in [0.2, 0.25) is 5.91 Å². The largest absolute Gasteiger partial charge is 0.392 e. The van der Waals surface area contributed by atoms with Crippen molar-refractivity contribution in [1.29, 1.82) is 0 Å². The quantitative estimate of drug-likeness (QED) is 0.789. The SMILES string of the molecule is Cc1cc(CO)c2cccc(NC(=O)CCC3CCNCC3)c2n1. The van der Waals surface area contributed by atoms with Crippen molar-refractivity contribution in [1.82, 2.24) is 10.3 Å². The molecule has 0 spiro atoms. The number of nitrogens with zero attached hydrogens (tertiary/aromatic N) is 1. The maximum atomic E-state index is 12.3. The number of amides is 1. The van der Waals surface area contributed by atoms with E-state index in [1.807, 2.05) is 31.2 Å². The molecule has 0 radical (unpaired) electrons. The first kappa shape index (κ1) is 16.9. The predicted octanol–water partition coefficient (Wildman–Crippen LogP) is 2.75. The molecular formula is C19H25N3O2. The summed E-state index contributed by atoms with van der Waals surface area (Å²) in [5.74, 6) is 0.681. The Bertz CT molecular complexity index is 724. The number of anilines is 1. The summed E-state index contributed by atoms with van der Waals surface area (Å²) in [6.07, 6.45) is 3.79. The van der Waals surface area contributed by atoms with Gasteiger partial charge in [0.25, 0.3) is 0 Å². The molecule has 5 nitrogen and oxygen atoms in total. The number of fused-ring (bicyclic) bond motifs is 1. The Morgan fingerprint density at radius 2 is 2.17 bits per heavy atom. The number of aliphatic hydroxyl groups excluding tert-OH is 1. The van der Waals surface area contributed by atoms with Gasteiger partial charge in [-0.1, -0.05) is 12.1 Å². The summed E-state index contributed by atoms with van der Waals surface area (Å²) in [6.45, 7) is 3.98. The lowest BCUT2D eigenvalue weighted by Crippen LogP contribution is -2.28. The van der Waals surface area contributed by atoms with E-state index in [2.05, 4.69) is 15.6 Å². The Labute approximate surface area is 142 Å². The van der Waals surface area contributed by atoms with E-state index < -0.39 is 0 Å². The standard InChI is InChI=1S/C19H25N3O2/c1-13-11-15(12-23)16-3-2-4-17(19(16)21-13)22-18(24)6-5-14-7-9-20-10-8-14/h2-4,11,14,20,23H,5-10,12H2,1H3,(H,22,24). The van der Waals surface area contributed by atoms with Crippen molar-refractivity contribution in [2.75, 3.05) is 18.4 Å². The monoisotopic (exact) mass is 327 g/mol. The fraction of sp³-hybridized carbons (Fsp3) is 0.474. The lowest BCUT2D eigenvalue weighted by Gasteiger charge is -2.22. The Morgan fingerprint density at radius 1 is 1.38 bits per heavy atom. The van der Waals surface area contributed by atoms with Gasteiger partial charge in [0.05, 0.1) is 17.8 Å².